The molecule has 1 aromatic heterocycles. The standard InChI is InChI=1S/C26H35N3O4S/c1-4-14-29(20-12-15-28(16-13-20)25(31)19-10-8-7-9-11-19)18-23(30)27-24-22(26(32)33-6-3)17-21(5-2)34-24/h7-11,17,20H,4-6,12-16,18H2,1-3H3,(H,27,30). The molecule has 1 aliphatic rings. The van der Waals surface area contributed by atoms with E-state index in [1.165, 1.54) is 11.3 Å². The Morgan fingerprint density at radius 3 is 2.44 bits per heavy atom. The Morgan fingerprint density at radius 1 is 1.12 bits per heavy atom. The maximum atomic E-state index is 13.0. The molecule has 1 saturated heterocycles. The molecule has 8 heteroatoms. The molecule has 0 radical (unpaired) electrons. The maximum absolute atomic E-state index is 13.0. The summed E-state index contributed by atoms with van der Waals surface area (Å²) in [5.74, 6) is -0.476. The molecule has 0 aliphatic carbocycles. The van der Waals surface area contributed by atoms with Crippen molar-refractivity contribution < 1.29 is 19.1 Å². The van der Waals surface area contributed by atoms with Crippen molar-refractivity contribution in [3.05, 3.63) is 52.4 Å². The lowest BCUT2D eigenvalue weighted by atomic mass is 10.0. The van der Waals surface area contributed by atoms with Crippen molar-refractivity contribution in [2.75, 3.05) is 38.1 Å². The summed E-state index contributed by atoms with van der Waals surface area (Å²) in [6.45, 7) is 8.60. The number of nitrogens with one attached hydrogen (secondary N) is 1. The van der Waals surface area contributed by atoms with Gasteiger partial charge in [0.05, 0.1) is 18.7 Å². The Labute approximate surface area is 206 Å². The number of carbonyl (C=O) groups excluding carboxylic acids is 3. The molecule has 2 heterocycles. The highest BCUT2D eigenvalue weighted by atomic mass is 32.1. The van der Waals surface area contributed by atoms with Gasteiger partial charge in [0.15, 0.2) is 0 Å². The number of esters is 1. The van der Waals surface area contributed by atoms with Crippen LogP contribution >= 0.6 is 11.3 Å². The monoisotopic (exact) mass is 485 g/mol. The number of thiophene rings is 1. The predicted octanol–water partition coefficient (Wildman–Crippen LogP) is 4.44. The summed E-state index contributed by atoms with van der Waals surface area (Å²) in [7, 11) is 0. The number of nitrogens with zero attached hydrogens (tertiary/aromatic N) is 2. The van der Waals surface area contributed by atoms with Crippen molar-refractivity contribution in [1.82, 2.24) is 9.80 Å². The van der Waals surface area contributed by atoms with Crippen LogP contribution < -0.4 is 5.32 Å². The van der Waals surface area contributed by atoms with Crippen LogP contribution in [0.3, 0.4) is 0 Å². The van der Waals surface area contributed by atoms with Crippen molar-refractivity contribution >= 4 is 34.1 Å². The average Bonchev–Trinajstić information content (AvgIpc) is 3.27. The minimum Gasteiger partial charge on any atom is -0.462 e. The summed E-state index contributed by atoms with van der Waals surface area (Å²) in [6, 6.07) is 11.4. The lowest BCUT2D eigenvalue weighted by Crippen LogP contribution is -2.49. The second-order valence-corrected chi connectivity index (χ2v) is 9.57. The Bertz CT molecular complexity index is 968. The van der Waals surface area contributed by atoms with Crippen LogP contribution in [-0.2, 0) is 16.0 Å². The molecule has 7 nitrogen and oxygen atoms in total. The van der Waals surface area contributed by atoms with Gasteiger partial charge in [-0.1, -0.05) is 32.0 Å². The van der Waals surface area contributed by atoms with Gasteiger partial charge in [0.1, 0.15) is 5.00 Å². The van der Waals surface area contributed by atoms with Gasteiger partial charge < -0.3 is 15.0 Å². The minimum atomic E-state index is -0.408. The number of ether oxygens (including phenoxy) is 1. The van der Waals surface area contributed by atoms with Gasteiger partial charge in [0.2, 0.25) is 5.91 Å². The van der Waals surface area contributed by atoms with Crippen molar-refractivity contribution in [1.29, 1.82) is 0 Å². The lowest BCUT2D eigenvalue weighted by Gasteiger charge is -2.38. The van der Waals surface area contributed by atoms with Gasteiger partial charge in [-0.25, -0.2) is 4.79 Å². The molecule has 2 amide bonds. The summed E-state index contributed by atoms with van der Waals surface area (Å²) in [5.41, 5.74) is 1.14. The van der Waals surface area contributed by atoms with E-state index >= 15 is 0 Å². The number of hydrogen-bond acceptors (Lipinski definition) is 6. The summed E-state index contributed by atoms with van der Waals surface area (Å²) in [6.07, 6.45) is 3.39. The number of piperidine rings is 1. The molecule has 1 fully saturated rings. The van der Waals surface area contributed by atoms with Crippen LogP contribution in [0.15, 0.2) is 36.4 Å². The highest BCUT2D eigenvalue weighted by Gasteiger charge is 2.28. The molecule has 0 atom stereocenters. The third-order valence-corrected chi connectivity index (χ3v) is 7.22. The van der Waals surface area contributed by atoms with E-state index in [-0.39, 0.29) is 24.4 Å². The molecular formula is C26H35N3O4S. The number of anilines is 1. The van der Waals surface area contributed by atoms with Gasteiger partial charge in [0, 0.05) is 29.6 Å². The highest BCUT2D eigenvalue weighted by Crippen LogP contribution is 2.29. The summed E-state index contributed by atoms with van der Waals surface area (Å²) in [5, 5.41) is 3.51. The van der Waals surface area contributed by atoms with Crippen LogP contribution in [0.5, 0.6) is 0 Å². The predicted molar refractivity (Wildman–Crippen MR) is 136 cm³/mol. The Kier molecular flexibility index (Phi) is 9.65. The van der Waals surface area contributed by atoms with Gasteiger partial charge in [-0.3, -0.25) is 14.5 Å². The summed E-state index contributed by atoms with van der Waals surface area (Å²) in [4.78, 5) is 43.2. The molecular weight excluding hydrogens is 450 g/mol. The third-order valence-electron chi connectivity index (χ3n) is 6.03. The molecule has 184 valence electrons. The molecule has 0 saturated carbocycles. The number of aryl methyl sites for hydroxylation is 1. The molecule has 0 unspecified atom stereocenters. The van der Waals surface area contributed by atoms with Gasteiger partial charge in [-0.15, -0.1) is 11.3 Å². The zero-order valence-corrected chi connectivity index (χ0v) is 21.2. The molecule has 0 bridgehead atoms. The Hall–Kier alpha value is -2.71. The highest BCUT2D eigenvalue weighted by molar-refractivity contribution is 7.16. The van der Waals surface area contributed by atoms with Crippen LogP contribution in [0.25, 0.3) is 0 Å². The fraction of sp³-hybridized carbons (Fsp3) is 0.500. The van der Waals surface area contributed by atoms with Crippen molar-refractivity contribution in [2.45, 2.75) is 52.5 Å². The fourth-order valence-corrected chi connectivity index (χ4v) is 5.30. The Morgan fingerprint density at radius 2 is 1.82 bits per heavy atom. The van der Waals surface area contributed by atoms with E-state index in [9.17, 15) is 14.4 Å². The number of amides is 2. The van der Waals surface area contributed by atoms with Gasteiger partial charge in [-0.05, 0) is 57.4 Å². The minimum absolute atomic E-state index is 0.0646. The maximum Gasteiger partial charge on any atom is 0.341 e. The van der Waals surface area contributed by atoms with Gasteiger partial charge in [0.25, 0.3) is 5.91 Å². The van der Waals surface area contributed by atoms with E-state index in [1.807, 2.05) is 48.2 Å². The van der Waals surface area contributed by atoms with E-state index in [0.29, 0.717) is 35.8 Å². The summed E-state index contributed by atoms with van der Waals surface area (Å²) < 4.78 is 5.16. The van der Waals surface area contributed by atoms with Crippen LogP contribution in [-0.4, -0.2) is 66.4 Å². The van der Waals surface area contributed by atoms with Crippen molar-refractivity contribution in [3.8, 4) is 0 Å². The number of carbonyl (C=O) groups is 3. The largest absolute Gasteiger partial charge is 0.462 e. The average molecular weight is 486 g/mol. The first-order valence-corrected chi connectivity index (χ1v) is 13.0. The fourth-order valence-electron chi connectivity index (χ4n) is 4.30. The zero-order valence-electron chi connectivity index (χ0n) is 20.3. The van der Waals surface area contributed by atoms with Gasteiger partial charge >= 0.3 is 5.97 Å². The topological polar surface area (TPSA) is 79.0 Å². The van der Waals surface area contributed by atoms with Crippen LogP contribution in [0.1, 0.15) is 65.6 Å². The number of hydrogen-bond donors (Lipinski definition) is 1. The second kappa shape index (κ2) is 12.7. The Balaban J connectivity index is 1.60. The van der Waals surface area contributed by atoms with E-state index in [0.717, 1.165) is 37.1 Å². The van der Waals surface area contributed by atoms with Crippen molar-refractivity contribution in [3.63, 3.8) is 0 Å². The van der Waals surface area contributed by atoms with E-state index in [4.69, 9.17) is 4.74 Å². The van der Waals surface area contributed by atoms with Crippen molar-refractivity contribution in [2.24, 2.45) is 0 Å². The summed E-state index contributed by atoms with van der Waals surface area (Å²) >= 11 is 1.42. The smallest absolute Gasteiger partial charge is 0.341 e. The third kappa shape index (κ3) is 6.67. The first-order valence-electron chi connectivity index (χ1n) is 12.1. The molecule has 1 aromatic carbocycles. The van der Waals surface area contributed by atoms with Crippen LogP contribution in [0.2, 0.25) is 0 Å². The molecule has 1 N–H and O–H groups in total. The van der Waals surface area contributed by atoms with E-state index < -0.39 is 5.97 Å². The number of benzene rings is 1. The first-order chi connectivity index (χ1) is 16.5. The lowest BCUT2D eigenvalue weighted by molar-refractivity contribution is -0.118. The number of rotatable bonds is 10. The van der Waals surface area contributed by atoms with Crippen LogP contribution in [0.4, 0.5) is 5.00 Å². The number of likely N-dealkylation sites (tertiary alicyclic amines) is 1. The second-order valence-electron chi connectivity index (χ2n) is 8.44. The molecule has 3 rings (SSSR count). The SMILES string of the molecule is CCCN(CC(=O)Nc1sc(CC)cc1C(=O)OCC)C1CCN(C(=O)c2ccccc2)CC1. The van der Waals surface area contributed by atoms with Gasteiger partial charge in [-0.2, -0.15) is 0 Å². The normalized spacial score (nSPS) is 14.3. The zero-order chi connectivity index (χ0) is 24.5. The first kappa shape index (κ1) is 25.9. The molecule has 34 heavy (non-hydrogen) atoms. The van der Waals surface area contributed by atoms with E-state index in [2.05, 4.69) is 17.1 Å². The molecule has 0 spiro atoms. The quantitative estimate of drug-likeness (QED) is 0.503. The van der Waals surface area contributed by atoms with E-state index in [1.54, 1.807) is 6.92 Å². The molecule has 2 aromatic rings. The van der Waals surface area contributed by atoms with Crippen LogP contribution in [0, 0.1) is 0 Å². The molecule has 1 aliphatic heterocycles.